The summed E-state index contributed by atoms with van der Waals surface area (Å²) in [5.41, 5.74) is 3.66. The van der Waals surface area contributed by atoms with Gasteiger partial charge in [0.05, 0.1) is 18.3 Å². The maximum absolute atomic E-state index is 12.2. The number of nitrogens with zero attached hydrogens (tertiary/aromatic N) is 4. The van der Waals surface area contributed by atoms with Crippen molar-refractivity contribution in [3.8, 4) is 16.9 Å². The predicted molar refractivity (Wildman–Crippen MR) is 124 cm³/mol. The molecule has 32 heavy (non-hydrogen) atoms. The number of amides is 1. The van der Waals surface area contributed by atoms with Crippen molar-refractivity contribution in [1.82, 2.24) is 25.1 Å². The molecule has 162 valence electrons. The number of methoxy groups -OCH3 is 1. The second-order valence-corrected chi connectivity index (χ2v) is 8.16. The number of nitrogens with one attached hydrogen (secondary N) is 2. The molecule has 0 spiro atoms. The first-order valence-corrected chi connectivity index (χ1v) is 10.6. The lowest BCUT2D eigenvalue weighted by Gasteiger charge is -2.13. The minimum absolute atomic E-state index is 0.0525. The summed E-state index contributed by atoms with van der Waals surface area (Å²) < 4.78 is 7.42. The second-order valence-electron chi connectivity index (χ2n) is 7.75. The van der Waals surface area contributed by atoms with Gasteiger partial charge >= 0.3 is 0 Å². The Hall–Kier alpha value is -3.65. The summed E-state index contributed by atoms with van der Waals surface area (Å²) in [6.45, 7) is 0. The third kappa shape index (κ3) is 3.97. The molecule has 0 bridgehead atoms. The number of anilines is 2. The van der Waals surface area contributed by atoms with E-state index in [1.807, 2.05) is 31.4 Å². The smallest absolute Gasteiger partial charge is 0.251 e. The molecule has 5 rings (SSSR count). The summed E-state index contributed by atoms with van der Waals surface area (Å²) in [7, 11) is 3.45. The molecule has 0 aliphatic heterocycles. The first kappa shape index (κ1) is 20.3. The van der Waals surface area contributed by atoms with E-state index in [9.17, 15) is 4.79 Å². The zero-order valence-corrected chi connectivity index (χ0v) is 18.3. The Balaban J connectivity index is 1.46. The van der Waals surface area contributed by atoms with Crippen LogP contribution >= 0.6 is 11.6 Å². The summed E-state index contributed by atoms with van der Waals surface area (Å²) >= 11 is 6.53. The zero-order chi connectivity index (χ0) is 22.2. The lowest BCUT2D eigenvalue weighted by molar-refractivity contribution is 0.0951. The molecule has 1 fully saturated rings. The molecule has 2 aromatic carbocycles. The Morgan fingerprint density at radius 3 is 2.66 bits per heavy atom. The van der Waals surface area contributed by atoms with Gasteiger partial charge in [-0.1, -0.05) is 11.6 Å². The Labute approximate surface area is 189 Å². The molecular formula is C23H21ClN6O2. The Bertz CT molecular complexity index is 1310. The number of hydrogen-bond donors (Lipinski definition) is 2. The first-order valence-electron chi connectivity index (χ1n) is 10.2. The molecule has 0 unspecified atom stereocenters. The average Bonchev–Trinajstić information content (AvgIpc) is 3.50. The van der Waals surface area contributed by atoms with Crippen molar-refractivity contribution in [2.75, 3.05) is 12.4 Å². The predicted octanol–water partition coefficient (Wildman–Crippen LogP) is 4.33. The SMILES string of the molecule is COc1c(-c2cnn(C)c2)cc(Cl)c2cnc(Nc3ccc(C(=O)NC4CC4)cc3)nc12. The van der Waals surface area contributed by atoms with Crippen LogP contribution in [-0.4, -0.2) is 38.8 Å². The highest BCUT2D eigenvalue weighted by molar-refractivity contribution is 6.36. The maximum atomic E-state index is 12.2. The van der Waals surface area contributed by atoms with Crippen molar-refractivity contribution in [3.05, 3.63) is 59.5 Å². The zero-order valence-electron chi connectivity index (χ0n) is 17.6. The summed E-state index contributed by atoms with van der Waals surface area (Å²) in [4.78, 5) is 21.2. The summed E-state index contributed by atoms with van der Waals surface area (Å²) in [6, 6.07) is 9.36. The summed E-state index contributed by atoms with van der Waals surface area (Å²) in [5.74, 6) is 0.934. The van der Waals surface area contributed by atoms with Crippen LogP contribution in [0.3, 0.4) is 0 Å². The van der Waals surface area contributed by atoms with Gasteiger partial charge in [-0.2, -0.15) is 5.10 Å². The molecule has 2 heterocycles. The van der Waals surface area contributed by atoms with E-state index in [1.165, 1.54) is 0 Å². The van der Waals surface area contributed by atoms with Gasteiger partial charge in [0.25, 0.3) is 5.91 Å². The normalized spacial score (nSPS) is 13.2. The van der Waals surface area contributed by atoms with Crippen LogP contribution in [0.4, 0.5) is 11.6 Å². The highest BCUT2D eigenvalue weighted by atomic mass is 35.5. The highest BCUT2D eigenvalue weighted by Gasteiger charge is 2.23. The van der Waals surface area contributed by atoms with Crippen LogP contribution in [0.1, 0.15) is 23.2 Å². The standard InChI is InChI=1S/C23H21ClN6O2/c1-30-12-14(10-26-30)17-9-19(24)18-11-25-23(29-20(18)21(17)32-2)28-16-5-3-13(4-6-16)22(31)27-15-7-8-15/h3-6,9-12,15H,7-8H2,1-2H3,(H,27,31)(H,25,28,29). The molecule has 1 aliphatic carbocycles. The third-order valence-electron chi connectivity index (χ3n) is 5.31. The van der Waals surface area contributed by atoms with Crippen LogP contribution in [0.15, 0.2) is 48.9 Å². The van der Waals surface area contributed by atoms with Gasteiger partial charge < -0.3 is 15.4 Å². The molecule has 8 nitrogen and oxygen atoms in total. The van der Waals surface area contributed by atoms with E-state index >= 15 is 0 Å². The van der Waals surface area contributed by atoms with Crippen molar-refractivity contribution in [1.29, 1.82) is 0 Å². The number of benzene rings is 2. The number of ether oxygens (including phenoxy) is 1. The van der Waals surface area contributed by atoms with Crippen LogP contribution in [0.2, 0.25) is 5.02 Å². The fourth-order valence-corrected chi connectivity index (χ4v) is 3.75. The van der Waals surface area contributed by atoms with E-state index in [-0.39, 0.29) is 5.91 Å². The van der Waals surface area contributed by atoms with Gasteiger partial charge in [-0.25, -0.2) is 9.97 Å². The van der Waals surface area contributed by atoms with E-state index in [0.29, 0.717) is 39.2 Å². The highest BCUT2D eigenvalue weighted by Crippen LogP contribution is 2.39. The first-order chi connectivity index (χ1) is 15.5. The van der Waals surface area contributed by atoms with Crippen molar-refractivity contribution < 1.29 is 9.53 Å². The fourth-order valence-electron chi connectivity index (χ4n) is 3.50. The van der Waals surface area contributed by atoms with Crippen LogP contribution in [0, 0.1) is 0 Å². The largest absolute Gasteiger partial charge is 0.494 e. The Morgan fingerprint density at radius 2 is 2.00 bits per heavy atom. The monoisotopic (exact) mass is 448 g/mol. The minimum Gasteiger partial charge on any atom is -0.494 e. The molecular weight excluding hydrogens is 428 g/mol. The molecule has 2 N–H and O–H groups in total. The van der Waals surface area contributed by atoms with Gasteiger partial charge in [-0.15, -0.1) is 0 Å². The molecule has 0 atom stereocenters. The number of halogens is 1. The number of hydrogen-bond acceptors (Lipinski definition) is 6. The molecule has 1 amide bonds. The van der Waals surface area contributed by atoms with Gasteiger partial charge in [0.2, 0.25) is 5.95 Å². The number of aromatic nitrogens is 4. The molecule has 9 heteroatoms. The number of rotatable bonds is 6. The number of carbonyl (C=O) groups excluding carboxylic acids is 1. The van der Waals surface area contributed by atoms with Gasteiger partial charge in [0, 0.05) is 53.2 Å². The quantitative estimate of drug-likeness (QED) is 0.456. The van der Waals surface area contributed by atoms with Gasteiger partial charge in [0.15, 0.2) is 5.75 Å². The molecule has 0 saturated heterocycles. The summed E-state index contributed by atoms with van der Waals surface area (Å²) in [5, 5.41) is 11.6. The average molecular weight is 449 g/mol. The maximum Gasteiger partial charge on any atom is 0.251 e. The topological polar surface area (TPSA) is 94.0 Å². The number of aryl methyl sites for hydroxylation is 1. The van der Waals surface area contributed by atoms with E-state index in [0.717, 1.165) is 29.7 Å². The third-order valence-corrected chi connectivity index (χ3v) is 5.63. The minimum atomic E-state index is -0.0525. The molecule has 1 saturated carbocycles. The number of fused-ring (bicyclic) bond motifs is 1. The second kappa shape index (κ2) is 8.12. The van der Waals surface area contributed by atoms with Crippen molar-refractivity contribution in [2.24, 2.45) is 7.05 Å². The van der Waals surface area contributed by atoms with E-state index in [2.05, 4.69) is 25.7 Å². The summed E-state index contributed by atoms with van der Waals surface area (Å²) in [6.07, 6.45) is 7.42. The van der Waals surface area contributed by atoms with Crippen LogP contribution in [-0.2, 0) is 7.05 Å². The van der Waals surface area contributed by atoms with Crippen molar-refractivity contribution >= 4 is 40.0 Å². The van der Waals surface area contributed by atoms with Crippen LogP contribution < -0.4 is 15.4 Å². The molecule has 4 aromatic rings. The molecule has 2 aromatic heterocycles. The van der Waals surface area contributed by atoms with E-state index < -0.39 is 0 Å². The van der Waals surface area contributed by atoms with Crippen molar-refractivity contribution in [2.45, 2.75) is 18.9 Å². The van der Waals surface area contributed by atoms with E-state index in [1.54, 1.807) is 36.3 Å². The van der Waals surface area contributed by atoms with Crippen LogP contribution in [0.25, 0.3) is 22.0 Å². The van der Waals surface area contributed by atoms with Crippen molar-refractivity contribution in [3.63, 3.8) is 0 Å². The van der Waals surface area contributed by atoms with E-state index in [4.69, 9.17) is 16.3 Å². The van der Waals surface area contributed by atoms with Gasteiger partial charge in [0.1, 0.15) is 5.52 Å². The molecule has 0 radical (unpaired) electrons. The number of carbonyl (C=O) groups is 1. The van der Waals surface area contributed by atoms with Gasteiger partial charge in [-0.05, 0) is 43.2 Å². The lowest BCUT2D eigenvalue weighted by atomic mass is 10.1. The lowest BCUT2D eigenvalue weighted by Crippen LogP contribution is -2.25. The van der Waals surface area contributed by atoms with Crippen LogP contribution in [0.5, 0.6) is 5.75 Å². The van der Waals surface area contributed by atoms with Gasteiger partial charge in [-0.3, -0.25) is 9.48 Å². The Kier molecular flexibility index (Phi) is 5.14. The fraction of sp³-hybridized carbons (Fsp3) is 0.217. The molecule has 1 aliphatic rings. The Morgan fingerprint density at radius 1 is 1.22 bits per heavy atom.